The van der Waals surface area contributed by atoms with E-state index < -0.39 is 11.8 Å². The molecule has 0 atom stereocenters. The molecule has 2 aromatic rings. The number of anilines is 1. The molecule has 0 saturated heterocycles. The fourth-order valence-electron chi connectivity index (χ4n) is 2.16. The second-order valence-electron chi connectivity index (χ2n) is 4.45. The van der Waals surface area contributed by atoms with Crippen LogP contribution in [0.3, 0.4) is 0 Å². The lowest BCUT2D eigenvalue weighted by Gasteiger charge is -2.09. The zero-order chi connectivity index (χ0) is 15.0. The Balaban J connectivity index is 1.97. The Morgan fingerprint density at radius 3 is 2.52 bits per heavy atom. The molecule has 21 heavy (non-hydrogen) atoms. The molecule has 0 fully saturated rings. The first kappa shape index (κ1) is 13.7. The largest absolute Gasteiger partial charge is 0.321 e. The SMILES string of the molecule is O=C(Nc1cccc2c1C(=O)NC2=O)c1ccccc1I. The van der Waals surface area contributed by atoms with Gasteiger partial charge in [0.1, 0.15) is 0 Å². The molecular weight excluding hydrogens is 383 g/mol. The summed E-state index contributed by atoms with van der Waals surface area (Å²) in [5.41, 5.74) is 1.34. The fraction of sp³-hybridized carbons (Fsp3) is 0. The number of carbonyl (C=O) groups excluding carboxylic acids is 3. The zero-order valence-corrected chi connectivity index (χ0v) is 12.8. The minimum absolute atomic E-state index is 0.210. The van der Waals surface area contributed by atoms with Crippen molar-refractivity contribution >= 4 is 46.0 Å². The van der Waals surface area contributed by atoms with Gasteiger partial charge in [-0.25, -0.2) is 0 Å². The van der Waals surface area contributed by atoms with Crippen LogP contribution in [-0.2, 0) is 0 Å². The van der Waals surface area contributed by atoms with Crippen LogP contribution in [0.5, 0.6) is 0 Å². The van der Waals surface area contributed by atoms with Crippen LogP contribution in [0.1, 0.15) is 31.1 Å². The van der Waals surface area contributed by atoms with Crippen molar-refractivity contribution in [3.8, 4) is 0 Å². The summed E-state index contributed by atoms with van der Waals surface area (Å²) in [4.78, 5) is 35.7. The quantitative estimate of drug-likeness (QED) is 0.609. The van der Waals surface area contributed by atoms with E-state index in [4.69, 9.17) is 0 Å². The fourth-order valence-corrected chi connectivity index (χ4v) is 2.79. The molecule has 3 rings (SSSR count). The summed E-state index contributed by atoms with van der Waals surface area (Å²) in [5, 5.41) is 4.91. The summed E-state index contributed by atoms with van der Waals surface area (Å²) in [6.07, 6.45) is 0. The summed E-state index contributed by atoms with van der Waals surface area (Å²) < 4.78 is 0.806. The second kappa shape index (κ2) is 5.28. The topological polar surface area (TPSA) is 75.3 Å². The first-order chi connectivity index (χ1) is 10.1. The van der Waals surface area contributed by atoms with Crippen molar-refractivity contribution in [3.63, 3.8) is 0 Å². The third-order valence-corrected chi connectivity index (χ3v) is 4.07. The molecule has 2 aromatic carbocycles. The highest BCUT2D eigenvalue weighted by Crippen LogP contribution is 2.25. The van der Waals surface area contributed by atoms with Gasteiger partial charge in [0.05, 0.1) is 22.4 Å². The van der Waals surface area contributed by atoms with Crippen LogP contribution >= 0.6 is 22.6 Å². The Morgan fingerprint density at radius 2 is 1.76 bits per heavy atom. The van der Waals surface area contributed by atoms with Crippen LogP contribution in [0.4, 0.5) is 5.69 Å². The van der Waals surface area contributed by atoms with Crippen molar-refractivity contribution in [2.75, 3.05) is 5.32 Å². The molecule has 6 heteroatoms. The minimum atomic E-state index is -0.492. The van der Waals surface area contributed by atoms with Crippen molar-refractivity contribution in [1.82, 2.24) is 5.32 Å². The lowest BCUT2D eigenvalue weighted by molar-refractivity contribution is 0.0879. The van der Waals surface area contributed by atoms with E-state index >= 15 is 0 Å². The van der Waals surface area contributed by atoms with Crippen molar-refractivity contribution in [2.45, 2.75) is 0 Å². The summed E-state index contributed by atoms with van der Waals surface area (Å²) >= 11 is 2.07. The van der Waals surface area contributed by atoms with E-state index in [1.54, 1.807) is 30.3 Å². The van der Waals surface area contributed by atoms with Gasteiger partial charge < -0.3 is 5.32 Å². The predicted molar refractivity (Wildman–Crippen MR) is 85.4 cm³/mol. The van der Waals surface area contributed by atoms with Gasteiger partial charge in [-0.2, -0.15) is 0 Å². The van der Waals surface area contributed by atoms with Crippen LogP contribution in [0.2, 0.25) is 0 Å². The van der Waals surface area contributed by atoms with Crippen molar-refractivity contribution in [2.24, 2.45) is 0 Å². The Morgan fingerprint density at radius 1 is 1.00 bits per heavy atom. The van der Waals surface area contributed by atoms with E-state index in [1.807, 2.05) is 12.1 Å². The number of carbonyl (C=O) groups is 3. The van der Waals surface area contributed by atoms with Crippen LogP contribution in [0.15, 0.2) is 42.5 Å². The normalized spacial score (nSPS) is 12.8. The van der Waals surface area contributed by atoms with Gasteiger partial charge >= 0.3 is 0 Å². The van der Waals surface area contributed by atoms with Gasteiger partial charge in [0.25, 0.3) is 17.7 Å². The Labute approximate surface area is 133 Å². The Bertz CT molecular complexity index is 786. The van der Waals surface area contributed by atoms with E-state index in [1.165, 1.54) is 0 Å². The molecule has 2 N–H and O–H groups in total. The van der Waals surface area contributed by atoms with E-state index in [-0.39, 0.29) is 17.0 Å². The van der Waals surface area contributed by atoms with Crippen molar-refractivity contribution in [1.29, 1.82) is 0 Å². The van der Waals surface area contributed by atoms with E-state index in [0.29, 0.717) is 11.3 Å². The first-order valence-corrected chi connectivity index (χ1v) is 7.20. The van der Waals surface area contributed by atoms with Crippen LogP contribution < -0.4 is 10.6 Å². The molecule has 104 valence electrons. The highest BCUT2D eigenvalue weighted by Gasteiger charge is 2.29. The molecule has 1 aliphatic heterocycles. The smallest absolute Gasteiger partial charge is 0.261 e. The number of imide groups is 1. The third kappa shape index (κ3) is 2.42. The maximum Gasteiger partial charge on any atom is 0.261 e. The summed E-state index contributed by atoms with van der Waals surface area (Å²) in [6.45, 7) is 0. The Kier molecular flexibility index (Phi) is 3.46. The van der Waals surface area contributed by atoms with Crippen LogP contribution in [-0.4, -0.2) is 17.7 Å². The summed E-state index contributed by atoms with van der Waals surface area (Å²) in [7, 11) is 0. The molecule has 0 unspecified atom stereocenters. The number of rotatable bonds is 2. The number of halogens is 1. The van der Waals surface area contributed by atoms with E-state index in [2.05, 4.69) is 33.2 Å². The molecule has 1 heterocycles. The van der Waals surface area contributed by atoms with Gasteiger partial charge in [-0.05, 0) is 46.9 Å². The lowest BCUT2D eigenvalue weighted by atomic mass is 10.1. The van der Waals surface area contributed by atoms with Crippen LogP contribution in [0.25, 0.3) is 0 Å². The zero-order valence-electron chi connectivity index (χ0n) is 10.6. The number of nitrogens with one attached hydrogen (secondary N) is 2. The van der Waals surface area contributed by atoms with Gasteiger partial charge in [-0.15, -0.1) is 0 Å². The molecule has 0 bridgehead atoms. The number of amides is 3. The molecule has 0 aliphatic carbocycles. The number of benzene rings is 2. The van der Waals surface area contributed by atoms with Crippen molar-refractivity contribution in [3.05, 3.63) is 62.7 Å². The molecule has 1 aliphatic rings. The van der Waals surface area contributed by atoms with Gasteiger partial charge in [-0.3, -0.25) is 19.7 Å². The van der Waals surface area contributed by atoms with Gasteiger partial charge in [0.2, 0.25) is 0 Å². The molecule has 0 spiro atoms. The molecule has 0 radical (unpaired) electrons. The predicted octanol–water partition coefficient (Wildman–Crippen LogP) is 2.43. The highest BCUT2D eigenvalue weighted by molar-refractivity contribution is 14.1. The lowest BCUT2D eigenvalue weighted by Crippen LogP contribution is -2.21. The number of fused-ring (bicyclic) bond motifs is 1. The molecule has 0 aromatic heterocycles. The summed E-state index contributed by atoms with van der Waals surface area (Å²) in [6, 6.07) is 11.9. The highest BCUT2D eigenvalue weighted by atomic mass is 127. The monoisotopic (exact) mass is 392 g/mol. The third-order valence-electron chi connectivity index (χ3n) is 3.13. The number of hydrogen-bond donors (Lipinski definition) is 2. The Hall–Kier alpha value is -2.22. The summed E-state index contributed by atoms with van der Waals surface area (Å²) in [5.74, 6) is -1.26. The van der Waals surface area contributed by atoms with Crippen LogP contribution in [0, 0.1) is 3.57 Å². The van der Waals surface area contributed by atoms with Gasteiger partial charge in [0, 0.05) is 3.57 Å². The molecule has 0 saturated carbocycles. The molecular formula is C15H9IN2O3. The van der Waals surface area contributed by atoms with Gasteiger partial charge in [-0.1, -0.05) is 18.2 Å². The van der Waals surface area contributed by atoms with Crippen molar-refractivity contribution < 1.29 is 14.4 Å². The second-order valence-corrected chi connectivity index (χ2v) is 5.61. The average molecular weight is 392 g/mol. The molecule has 3 amide bonds. The molecule has 5 nitrogen and oxygen atoms in total. The average Bonchev–Trinajstić information content (AvgIpc) is 2.75. The van der Waals surface area contributed by atoms with E-state index in [9.17, 15) is 14.4 Å². The van der Waals surface area contributed by atoms with E-state index in [0.717, 1.165) is 3.57 Å². The minimum Gasteiger partial charge on any atom is -0.321 e. The van der Waals surface area contributed by atoms with Gasteiger partial charge in [0.15, 0.2) is 0 Å². The number of hydrogen-bond acceptors (Lipinski definition) is 3. The maximum atomic E-state index is 12.3. The first-order valence-electron chi connectivity index (χ1n) is 6.12. The standard InChI is InChI=1S/C15H9IN2O3/c16-10-6-2-1-4-8(10)13(19)17-11-7-3-5-9-12(11)15(21)18-14(9)20/h1-7H,(H,17,19)(H,18,20,21). The maximum absolute atomic E-state index is 12.3.